The quantitative estimate of drug-likeness (QED) is 0.355. The molecule has 10 heteroatoms. The van der Waals surface area contributed by atoms with Crippen molar-refractivity contribution in [2.24, 2.45) is 10.2 Å². The number of aromatic amines is 1. The molecule has 1 heterocycles. The first-order valence-electron chi connectivity index (χ1n) is 6.80. The number of aromatic nitrogens is 1. The fourth-order valence-corrected chi connectivity index (χ4v) is 2.41. The minimum absolute atomic E-state index is 0.00512. The molecule has 0 unspecified atom stereocenters. The van der Waals surface area contributed by atoms with Crippen molar-refractivity contribution in [2.45, 2.75) is 0 Å². The van der Waals surface area contributed by atoms with Crippen molar-refractivity contribution in [3.05, 3.63) is 57.1 Å². The third-order valence-electron chi connectivity index (χ3n) is 3.39. The Kier molecular flexibility index (Phi) is 4.07. The normalized spacial score (nSPS) is 11.2. The van der Waals surface area contributed by atoms with Gasteiger partial charge in [-0.05, 0) is 24.3 Å². The molecular formula is C15H9ClN4O5. The lowest BCUT2D eigenvalue weighted by atomic mass is 10.2. The standard InChI is InChI=1S/C15H9ClN4O5/c16-11-3-1-7(5-9(11)15(22)23)18-19-13-10-6-8(20(24)25)2-4-12(10)17-14(13)21/h1-6,17,21H,(H,22,23). The van der Waals surface area contributed by atoms with Crippen LogP contribution < -0.4 is 0 Å². The highest BCUT2D eigenvalue weighted by molar-refractivity contribution is 6.33. The second kappa shape index (κ2) is 6.21. The van der Waals surface area contributed by atoms with E-state index >= 15 is 0 Å². The molecular weight excluding hydrogens is 352 g/mol. The second-order valence-corrected chi connectivity index (χ2v) is 5.39. The van der Waals surface area contributed by atoms with Crippen LogP contribution in [0.15, 0.2) is 46.6 Å². The number of aromatic hydroxyl groups is 1. The maximum absolute atomic E-state index is 11.1. The number of azo groups is 1. The van der Waals surface area contributed by atoms with Crippen molar-refractivity contribution in [3.63, 3.8) is 0 Å². The van der Waals surface area contributed by atoms with Crippen molar-refractivity contribution < 1.29 is 19.9 Å². The molecule has 0 saturated heterocycles. The molecule has 0 amide bonds. The van der Waals surface area contributed by atoms with Gasteiger partial charge in [0, 0.05) is 17.5 Å². The van der Waals surface area contributed by atoms with Gasteiger partial charge in [-0.25, -0.2) is 4.79 Å². The molecule has 3 rings (SSSR count). The van der Waals surface area contributed by atoms with Crippen LogP contribution >= 0.6 is 11.6 Å². The van der Waals surface area contributed by atoms with Gasteiger partial charge in [-0.2, -0.15) is 5.11 Å². The summed E-state index contributed by atoms with van der Waals surface area (Å²) in [6.45, 7) is 0. The van der Waals surface area contributed by atoms with Gasteiger partial charge >= 0.3 is 5.97 Å². The highest BCUT2D eigenvalue weighted by atomic mass is 35.5. The first-order valence-corrected chi connectivity index (χ1v) is 7.18. The van der Waals surface area contributed by atoms with E-state index in [0.29, 0.717) is 10.9 Å². The summed E-state index contributed by atoms with van der Waals surface area (Å²) in [5.41, 5.74) is 0.338. The van der Waals surface area contributed by atoms with E-state index in [0.717, 1.165) is 0 Å². The number of halogens is 1. The van der Waals surface area contributed by atoms with E-state index in [1.165, 1.54) is 36.4 Å². The number of nitrogens with one attached hydrogen (secondary N) is 1. The summed E-state index contributed by atoms with van der Waals surface area (Å²) in [6.07, 6.45) is 0. The maximum atomic E-state index is 11.1. The lowest BCUT2D eigenvalue weighted by Gasteiger charge is -1.99. The molecule has 3 aromatic rings. The van der Waals surface area contributed by atoms with Crippen LogP contribution in [0, 0.1) is 10.1 Å². The highest BCUT2D eigenvalue weighted by Gasteiger charge is 2.15. The van der Waals surface area contributed by atoms with Gasteiger partial charge in [0.25, 0.3) is 5.69 Å². The van der Waals surface area contributed by atoms with E-state index < -0.39 is 10.9 Å². The number of benzene rings is 2. The van der Waals surface area contributed by atoms with Gasteiger partial charge in [-0.15, -0.1) is 5.11 Å². The maximum Gasteiger partial charge on any atom is 0.337 e. The third kappa shape index (κ3) is 3.12. The number of nitrogens with zero attached hydrogens (tertiary/aromatic N) is 3. The van der Waals surface area contributed by atoms with Gasteiger partial charge in [0.1, 0.15) is 0 Å². The SMILES string of the molecule is O=C(O)c1cc(N=Nc2c(O)[nH]c3ccc([N+](=O)[O-])cc23)ccc1Cl. The molecule has 25 heavy (non-hydrogen) atoms. The molecule has 0 radical (unpaired) electrons. The van der Waals surface area contributed by atoms with Crippen LogP contribution in [-0.2, 0) is 0 Å². The summed E-state index contributed by atoms with van der Waals surface area (Å²) < 4.78 is 0. The Bertz CT molecular complexity index is 1040. The fourth-order valence-electron chi connectivity index (χ4n) is 2.21. The van der Waals surface area contributed by atoms with Gasteiger partial charge in [0.05, 0.1) is 26.7 Å². The number of rotatable bonds is 4. The number of hydrogen-bond acceptors (Lipinski definition) is 6. The van der Waals surface area contributed by atoms with Gasteiger partial charge in [-0.1, -0.05) is 11.6 Å². The van der Waals surface area contributed by atoms with E-state index in [2.05, 4.69) is 15.2 Å². The molecule has 0 fully saturated rings. The largest absolute Gasteiger partial charge is 0.493 e. The number of H-pyrrole nitrogens is 1. The number of hydrogen-bond donors (Lipinski definition) is 3. The minimum atomic E-state index is -1.22. The number of nitro groups is 1. The molecule has 9 nitrogen and oxygen atoms in total. The molecule has 0 bridgehead atoms. The summed E-state index contributed by atoms with van der Waals surface area (Å²) in [5.74, 6) is -1.53. The number of carbonyl (C=O) groups is 1. The van der Waals surface area contributed by atoms with Crippen LogP contribution in [0.25, 0.3) is 10.9 Å². The summed E-state index contributed by atoms with van der Waals surface area (Å²) in [4.78, 5) is 24.0. The number of nitro benzene ring substituents is 1. The molecule has 0 atom stereocenters. The van der Waals surface area contributed by atoms with Crippen molar-refractivity contribution in [1.82, 2.24) is 4.98 Å². The Morgan fingerprint density at radius 1 is 1.20 bits per heavy atom. The molecule has 3 N–H and O–H groups in total. The first kappa shape index (κ1) is 16.4. The fraction of sp³-hybridized carbons (Fsp3) is 0. The van der Waals surface area contributed by atoms with Gasteiger partial charge in [0.2, 0.25) is 5.88 Å². The van der Waals surface area contributed by atoms with Crippen LogP contribution in [0.1, 0.15) is 10.4 Å². The Morgan fingerprint density at radius 2 is 1.96 bits per heavy atom. The zero-order valence-corrected chi connectivity index (χ0v) is 13.1. The number of non-ortho nitro benzene ring substituents is 1. The number of carboxylic acids is 1. The van der Waals surface area contributed by atoms with E-state index in [4.69, 9.17) is 16.7 Å². The van der Waals surface area contributed by atoms with Crippen molar-refractivity contribution in [1.29, 1.82) is 0 Å². The molecule has 1 aromatic heterocycles. The van der Waals surface area contributed by atoms with Crippen LogP contribution in [0.3, 0.4) is 0 Å². The molecule has 0 saturated carbocycles. The van der Waals surface area contributed by atoms with E-state index in [1.54, 1.807) is 0 Å². The van der Waals surface area contributed by atoms with Crippen molar-refractivity contribution in [3.8, 4) is 5.88 Å². The first-order chi connectivity index (χ1) is 11.9. The highest BCUT2D eigenvalue weighted by Crippen LogP contribution is 2.38. The molecule has 2 aromatic carbocycles. The van der Waals surface area contributed by atoms with Gasteiger partial charge in [-0.3, -0.25) is 10.1 Å². The summed E-state index contributed by atoms with van der Waals surface area (Å²) >= 11 is 5.78. The van der Waals surface area contributed by atoms with Crippen molar-refractivity contribution in [2.75, 3.05) is 0 Å². The Morgan fingerprint density at radius 3 is 2.64 bits per heavy atom. The number of carboxylic acid groups (broad SMARTS) is 1. The second-order valence-electron chi connectivity index (χ2n) is 4.98. The van der Waals surface area contributed by atoms with Crippen LogP contribution in [0.5, 0.6) is 5.88 Å². The lowest BCUT2D eigenvalue weighted by Crippen LogP contribution is -1.96. The molecule has 0 aliphatic rings. The molecule has 0 spiro atoms. The minimum Gasteiger partial charge on any atom is -0.493 e. The predicted molar refractivity (Wildman–Crippen MR) is 89.2 cm³/mol. The average molecular weight is 361 g/mol. The Balaban J connectivity index is 2.05. The van der Waals surface area contributed by atoms with Crippen LogP contribution in [0.4, 0.5) is 17.1 Å². The van der Waals surface area contributed by atoms with E-state index in [9.17, 15) is 20.0 Å². The van der Waals surface area contributed by atoms with Crippen LogP contribution in [0.2, 0.25) is 5.02 Å². The monoisotopic (exact) mass is 360 g/mol. The Labute approximate surface area is 144 Å². The van der Waals surface area contributed by atoms with Crippen molar-refractivity contribution >= 4 is 45.5 Å². The number of aromatic carboxylic acids is 1. The zero-order valence-electron chi connectivity index (χ0n) is 12.3. The smallest absolute Gasteiger partial charge is 0.337 e. The summed E-state index contributed by atoms with van der Waals surface area (Å²) in [5, 5.41) is 38.0. The molecule has 0 aliphatic carbocycles. The van der Waals surface area contributed by atoms with E-state index in [-0.39, 0.29) is 33.5 Å². The number of fused-ring (bicyclic) bond motifs is 1. The van der Waals surface area contributed by atoms with E-state index in [1.807, 2.05) is 0 Å². The average Bonchev–Trinajstić information content (AvgIpc) is 2.88. The van der Waals surface area contributed by atoms with Gasteiger partial charge in [0.15, 0.2) is 5.69 Å². The summed E-state index contributed by atoms with van der Waals surface area (Å²) in [6, 6.07) is 8.02. The Hall–Kier alpha value is -3.46. The van der Waals surface area contributed by atoms with Gasteiger partial charge < -0.3 is 15.2 Å². The molecule has 0 aliphatic heterocycles. The summed E-state index contributed by atoms with van der Waals surface area (Å²) in [7, 11) is 0. The third-order valence-corrected chi connectivity index (χ3v) is 3.72. The molecule has 126 valence electrons. The lowest BCUT2D eigenvalue weighted by molar-refractivity contribution is -0.384. The zero-order chi connectivity index (χ0) is 18.1. The predicted octanol–water partition coefficient (Wildman–Crippen LogP) is 4.55. The topological polar surface area (TPSA) is 141 Å². The van der Waals surface area contributed by atoms with Crippen LogP contribution in [-0.4, -0.2) is 26.1 Å².